The molecule has 5 heteroatoms. The zero-order valence-corrected chi connectivity index (χ0v) is 11.4. The van der Waals surface area contributed by atoms with Crippen LogP contribution in [0.4, 0.5) is 0 Å². The number of rotatable bonds is 2. The lowest BCUT2D eigenvalue weighted by atomic mass is 10.3. The van der Waals surface area contributed by atoms with Gasteiger partial charge in [0.1, 0.15) is 5.01 Å². The van der Waals surface area contributed by atoms with Crippen LogP contribution in [0, 0.1) is 6.92 Å². The minimum atomic E-state index is 0.0870. The smallest absolute Gasteiger partial charge is 0.171 e. The number of thiazole rings is 1. The van der Waals surface area contributed by atoms with Crippen LogP contribution in [0.25, 0.3) is 9.88 Å². The second-order valence-corrected chi connectivity index (χ2v) is 5.86. The molecule has 0 saturated heterocycles. The fourth-order valence-electron chi connectivity index (χ4n) is 1.27. The zero-order chi connectivity index (χ0) is 11.0. The molecule has 0 aliphatic rings. The van der Waals surface area contributed by atoms with Crippen molar-refractivity contribution in [2.75, 3.05) is 0 Å². The first-order valence-electron chi connectivity index (χ1n) is 4.31. The maximum Gasteiger partial charge on any atom is 0.171 e. The van der Waals surface area contributed by atoms with Crippen LogP contribution in [0.2, 0.25) is 0 Å². The second-order valence-electron chi connectivity index (χ2n) is 3.09. The number of carbonyl (C=O) groups excluding carboxylic acids is 1. The summed E-state index contributed by atoms with van der Waals surface area (Å²) in [6, 6.07) is 1.99. The summed E-state index contributed by atoms with van der Waals surface area (Å²) in [7, 11) is 0. The third-order valence-electron chi connectivity index (χ3n) is 1.93. The molecule has 0 fully saturated rings. The Hall–Kier alpha value is -0.520. The van der Waals surface area contributed by atoms with Gasteiger partial charge in [0.05, 0.1) is 15.4 Å². The molecular formula is C10H8BrNOS2. The molecule has 2 heterocycles. The average Bonchev–Trinajstić information content (AvgIpc) is 2.71. The van der Waals surface area contributed by atoms with Crippen molar-refractivity contribution in [2.45, 2.75) is 13.8 Å². The quantitative estimate of drug-likeness (QED) is 0.780. The lowest BCUT2D eigenvalue weighted by Gasteiger charge is -1.89. The molecule has 0 N–H and O–H groups in total. The topological polar surface area (TPSA) is 30.0 Å². The third-order valence-corrected chi connectivity index (χ3v) is 5.18. The maximum atomic E-state index is 11.3. The Morgan fingerprint density at radius 2 is 2.27 bits per heavy atom. The molecule has 0 unspecified atom stereocenters. The van der Waals surface area contributed by atoms with E-state index in [9.17, 15) is 4.79 Å². The van der Waals surface area contributed by atoms with Gasteiger partial charge in [-0.1, -0.05) is 0 Å². The molecule has 2 aromatic heterocycles. The summed E-state index contributed by atoms with van der Waals surface area (Å²) < 4.78 is 1.04. The Morgan fingerprint density at radius 1 is 1.53 bits per heavy atom. The molecule has 2 aromatic rings. The molecule has 0 atom stereocenters. The van der Waals surface area contributed by atoms with Gasteiger partial charge in [-0.25, -0.2) is 4.98 Å². The van der Waals surface area contributed by atoms with E-state index in [0.717, 1.165) is 24.9 Å². The molecule has 0 aromatic carbocycles. The lowest BCUT2D eigenvalue weighted by Crippen LogP contribution is -1.89. The summed E-state index contributed by atoms with van der Waals surface area (Å²) in [4.78, 5) is 17.6. The lowest BCUT2D eigenvalue weighted by molar-refractivity contribution is 0.102. The van der Waals surface area contributed by atoms with Crippen LogP contribution in [-0.4, -0.2) is 10.8 Å². The molecule has 15 heavy (non-hydrogen) atoms. The van der Waals surface area contributed by atoms with Gasteiger partial charge in [-0.15, -0.1) is 22.7 Å². The highest BCUT2D eigenvalue weighted by atomic mass is 79.9. The standard InChI is InChI=1S/C10H8BrNOS2/c1-5-8(6(2)13)15-10(12-5)9-7(11)3-4-14-9/h3-4H,1-2H3. The van der Waals surface area contributed by atoms with Crippen molar-refractivity contribution in [1.29, 1.82) is 0 Å². The van der Waals surface area contributed by atoms with Crippen molar-refractivity contribution in [2.24, 2.45) is 0 Å². The van der Waals surface area contributed by atoms with Gasteiger partial charge in [0.2, 0.25) is 0 Å². The number of nitrogens with zero attached hydrogens (tertiary/aromatic N) is 1. The Balaban J connectivity index is 2.52. The van der Waals surface area contributed by atoms with Gasteiger partial charge < -0.3 is 0 Å². The van der Waals surface area contributed by atoms with Gasteiger partial charge in [0.25, 0.3) is 0 Å². The Kier molecular flexibility index (Phi) is 3.04. The predicted molar refractivity (Wildman–Crippen MR) is 67.9 cm³/mol. The van der Waals surface area contributed by atoms with Crippen molar-refractivity contribution >= 4 is 44.4 Å². The first-order valence-corrected chi connectivity index (χ1v) is 6.80. The van der Waals surface area contributed by atoms with Gasteiger partial charge in [0, 0.05) is 11.4 Å². The van der Waals surface area contributed by atoms with Gasteiger partial charge in [0.15, 0.2) is 5.78 Å². The second kappa shape index (κ2) is 4.15. The van der Waals surface area contributed by atoms with E-state index in [2.05, 4.69) is 20.9 Å². The minimum absolute atomic E-state index is 0.0870. The van der Waals surface area contributed by atoms with Crippen molar-refractivity contribution in [3.63, 3.8) is 0 Å². The van der Waals surface area contributed by atoms with Crippen LogP contribution >= 0.6 is 38.6 Å². The van der Waals surface area contributed by atoms with Gasteiger partial charge in [-0.3, -0.25) is 4.79 Å². The fourth-order valence-corrected chi connectivity index (χ4v) is 4.03. The number of hydrogen-bond acceptors (Lipinski definition) is 4. The third kappa shape index (κ3) is 2.04. The Labute approximate surface area is 104 Å². The van der Waals surface area contributed by atoms with Crippen LogP contribution < -0.4 is 0 Å². The molecule has 0 aliphatic heterocycles. The Bertz CT molecular complexity index is 515. The molecule has 0 saturated carbocycles. The van der Waals surface area contributed by atoms with Crippen LogP contribution in [0.1, 0.15) is 22.3 Å². The van der Waals surface area contributed by atoms with E-state index in [-0.39, 0.29) is 5.78 Å². The summed E-state index contributed by atoms with van der Waals surface area (Å²) >= 11 is 6.55. The molecule has 0 bridgehead atoms. The normalized spacial score (nSPS) is 10.6. The molecular weight excluding hydrogens is 294 g/mol. The summed E-state index contributed by atoms with van der Waals surface area (Å²) in [6.45, 7) is 3.45. The van der Waals surface area contributed by atoms with Crippen molar-refractivity contribution in [3.05, 3.63) is 26.5 Å². The number of hydrogen-bond donors (Lipinski definition) is 0. The van der Waals surface area contributed by atoms with E-state index >= 15 is 0 Å². The van der Waals surface area contributed by atoms with Crippen molar-refractivity contribution < 1.29 is 4.79 Å². The molecule has 0 radical (unpaired) electrons. The number of Topliss-reactive ketones (excluding diaryl/α,β-unsaturated/α-hetero) is 1. The molecule has 0 amide bonds. The van der Waals surface area contributed by atoms with E-state index in [4.69, 9.17) is 0 Å². The van der Waals surface area contributed by atoms with E-state index in [1.54, 1.807) is 18.3 Å². The van der Waals surface area contributed by atoms with Gasteiger partial charge in [-0.2, -0.15) is 0 Å². The number of aromatic nitrogens is 1. The van der Waals surface area contributed by atoms with Gasteiger partial charge in [-0.05, 0) is 34.3 Å². The first kappa shape index (κ1) is 11.0. The number of halogens is 1. The van der Waals surface area contributed by atoms with E-state index < -0.39 is 0 Å². The SMILES string of the molecule is CC(=O)c1sc(-c2sccc2Br)nc1C. The number of thiophene rings is 1. The molecule has 2 nitrogen and oxygen atoms in total. The largest absolute Gasteiger partial charge is 0.294 e. The summed E-state index contributed by atoms with van der Waals surface area (Å²) in [5.41, 5.74) is 0.822. The number of carbonyl (C=O) groups is 1. The highest BCUT2D eigenvalue weighted by Gasteiger charge is 2.15. The van der Waals surface area contributed by atoms with E-state index in [1.165, 1.54) is 11.3 Å². The highest BCUT2D eigenvalue weighted by molar-refractivity contribution is 9.10. The molecule has 78 valence electrons. The fraction of sp³-hybridized carbons (Fsp3) is 0.200. The highest BCUT2D eigenvalue weighted by Crippen LogP contribution is 2.37. The van der Waals surface area contributed by atoms with Crippen LogP contribution in [0.5, 0.6) is 0 Å². The molecule has 0 spiro atoms. The van der Waals surface area contributed by atoms with Gasteiger partial charge >= 0.3 is 0 Å². The van der Waals surface area contributed by atoms with Crippen molar-refractivity contribution in [3.8, 4) is 9.88 Å². The van der Waals surface area contributed by atoms with E-state index in [1.807, 2.05) is 18.4 Å². The summed E-state index contributed by atoms with van der Waals surface area (Å²) in [6.07, 6.45) is 0. The number of aryl methyl sites for hydroxylation is 1. The van der Waals surface area contributed by atoms with Crippen LogP contribution in [0.3, 0.4) is 0 Å². The predicted octanol–water partition coefficient (Wildman–Crippen LogP) is 4.15. The Morgan fingerprint density at radius 3 is 2.73 bits per heavy atom. The molecule has 0 aliphatic carbocycles. The number of ketones is 1. The average molecular weight is 302 g/mol. The first-order chi connectivity index (χ1) is 7.09. The monoisotopic (exact) mass is 301 g/mol. The van der Waals surface area contributed by atoms with Crippen LogP contribution in [-0.2, 0) is 0 Å². The zero-order valence-electron chi connectivity index (χ0n) is 8.20. The van der Waals surface area contributed by atoms with E-state index in [0.29, 0.717) is 0 Å². The molecule has 2 rings (SSSR count). The summed E-state index contributed by atoms with van der Waals surface area (Å²) in [5, 5.41) is 2.92. The van der Waals surface area contributed by atoms with Crippen LogP contribution in [0.15, 0.2) is 15.9 Å². The van der Waals surface area contributed by atoms with Crippen molar-refractivity contribution in [1.82, 2.24) is 4.98 Å². The maximum absolute atomic E-state index is 11.3. The minimum Gasteiger partial charge on any atom is -0.294 e. The summed E-state index contributed by atoms with van der Waals surface area (Å²) in [5.74, 6) is 0.0870.